The van der Waals surface area contributed by atoms with Gasteiger partial charge in [-0.2, -0.15) is 0 Å². The number of hydrogen-bond donors (Lipinski definition) is 1. The van der Waals surface area contributed by atoms with Crippen LogP contribution in [0.3, 0.4) is 0 Å². The second-order valence-corrected chi connectivity index (χ2v) is 5.18. The molecule has 0 aliphatic carbocycles. The Morgan fingerprint density at radius 2 is 2.05 bits per heavy atom. The van der Waals surface area contributed by atoms with Crippen LogP contribution in [-0.2, 0) is 14.2 Å². The van der Waals surface area contributed by atoms with Crippen molar-refractivity contribution >= 4 is 17.5 Å². The number of nitrogens with zero attached hydrogens (tertiary/aromatic N) is 2. The summed E-state index contributed by atoms with van der Waals surface area (Å²) in [4.78, 5) is 18.0. The fraction of sp³-hybridized carbons (Fsp3) is 0.571. The van der Waals surface area contributed by atoms with E-state index < -0.39 is 11.8 Å². The van der Waals surface area contributed by atoms with E-state index in [4.69, 9.17) is 19.9 Å². The van der Waals surface area contributed by atoms with E-state index in [1.165, 1.54) is 7.11 Å². The van der Waals surface area contributed by atoms with Crippen molar-refractivity contribution in [3.8, 4) is 0 Å². The molecule has 0 saturated carbocycles. The third-order valence-corrected chi connectivity index (χ3v) is 4.01. The number of pyridine rings is 1. The standard InChI is InChI=1S/C14H19N3O4/c1-19-13(18)10-2-5-16-12(11(10)15)17-6-3-14(4-7-17)20-8-9-21-14/h2,5H,3-4,6-9,15H2,1H3. The fourth-order valence-corrected chi connectivity index (χ4v) is 2.85. The first-order valence-electron chi connectivity index (χ1n) is 7.01. The lowest BCUT2D eigenvalue weighted by molar-refractivity contribution is -0.169. The molecule has 1 aromatic heterocycles. The van der Waals surface area contributed by atoms with Crippen LogP contribution in [0.2, 0.25) is 0 Å². The van der Waals surface area contributed by atoms with E-state index in [0.717, 1.165) is 25.9 Å². The monoisotopic (exact) mass is 293 g/mol. The van der Waals surface area contributed by atoms with Crippen molar-refractivity contribution < 1.29 is 19.0 Å². The highest BCUT2D eigenvalue weighted by molar-refractivity contribution is 5.97. The highest BCUT2D eigenvalue weighted by Gasteiger charge is 2.40. The van der Waals surface area contributed by atoms with Crippen LogP contribution in [0.1, 0.15) is 23.2 Å². The number of carbonyl (C=O) groups is 1. The summed E-state index contributed by atoms with van der Waals surface area (Å²) in [5.41, 5.74) is 6.77. The normalized spacial score (nSPS) is 20.7. The molecular formula is C14H19N3O4. The lowest BCUT2D eigenvalue weighted by Crippen LogP contribution is -2.45. The lowest BCUT2D eigenvalue weighted by Gasteiger charge is -2.38. The summed E-state index contributed by atoms with van der Waals surface area (Å²) in [6.45, 7) is 2.75. The van der Waals surface area contributed by atoms with Crippen LogP contribution < -0.4 is 10.6 Å². The maximum absolute atomic E-state index is 11.7. The van der Waals surface area contributed by atoms with Crippen LogP contribution in [0, 0.1) is 0 Å². The average molecular weight is 293 g/mol. The van der Waals surface area contributed by atoms with Gasteiger partial charge in [-0.15, -0.1) is 0 Å². The SMILES string of the molecule is COC(=O)c1ccnc(N2CCC3(CC2)OCCO3)c1N. The molecule has 0 bridgehead atoms. The number of piperidine rings is 1. The Morgan fingerprint density at radius 1 is 1.38 bits per heavy atom. The van der Waals surface area contributed by atoms with E-state index in [0.29, 0.717) is 30.3 Å². The third kappa shape index (κ3) is 2.54. The molecule has 0 amide bonds. The van der Waals surface area contributed by atoms with Crippen LogP contribution in [0.25, 0.3) is 0 Å². The zero-order valence-corrected chi connectivity index (χ0v) is 12.0. The Hall–Kier alpha value is -1.86. The highest BCUT2D eigenvalue weighted by atomic mass is 16.7. The molecule has 0 radical (unpaired) electrons. The summed E-state index contributed by atoms with van der Waals surface area (Å²) < 4.78 is 16.1. The van der Waals surface area contributed by atoms with E-state index in [1.54, 1.807) is 12.3 Å². The van der Waals surface area contributed by atoms with Crippen molar-refractivity contribution in [2.75, 3.05) is 44.0 Å². The summed E-state index contributed by atoms with van der Waals surface area (Å²) in [5, 5.41) is 0. The van der Waals surface area contributed by atoms with E-state index >= 15 is 0 Å². The van der Waals surface area contributed by atoms with Gasteiger partial charge in [-0.05, 0) is 6.07 Å². The number of methoxy groups -OCH3 is 1. The van der Waals surface area contributed by atoms with Crippen molar-refractivity contribution in [3.63, 3.8) is 0 Å². The van der Waals surface area contributed by atoms with Crippen molar-refractivity contribution in [3.05, 3.63) is 17.8 Å². The first-order valence-corrected chi connectivity index (χ1v) is 7.01. The third-order valence-electron chi connectivity index (χ3n) is 4.01. The molecule has 21 heavy (non-hydrogen) atoms. The number of nitrogens with two attached hydrogens (primary N) is 1. The Morgan fingerprint density at radius 3 is 2.67 bits per heavy atom. The van der Waals surface area contributed by atoms with Gasteiger partial charge in [-0.3, -0.25) is 0 Å². The van der Waals surface area contributed by atoms with E-state index in [2.05, 4.69) is 9.88 Å². The number of carbonyl (C=O) groups excluding carboxylic acids is 1. The van der Waals surface area contributed by atoms with Gasteiger partial charge in [0.2, 0.25) is 0 Å². The molecule has 2 saturated heterocycles. The molecule has 7 heteroatoms. The molecule has 0 aromatic carbocycles. The quantitative estimate of drug-likeness (QED) is 0.807. The number of rotatable bonds is 2. The minimum Gasteiger partial charge on any atom is -0.465 e. The maximum atomic E-state index is 11.7. The van der Waals surface area contributed by atoms with Gasteiger partial charge in [0.25, 0.3) is 0 Å². The smallest absolute Gasteiger partial charge is 0.340 e. The van der Waals surface area contributed by atoms with E-state index in [9.17, 15) is 4.79 Å². The molecule has 1 aromatic rings. The highest BCUT2D eigenvalue weighted by Crippen LogP contribution is 2.34. The van der Waals surface area contributed by atoms with Crippen molar-refractivity contribution in [1.82, 2.24) is 4.98 Å². The van der Waals surface area contributed by atoms with Crippen LogP contribution in [0.15, 0.2) is 12.3 Å². The van der Waals surface area contributed by atoms with Crippen molar-refractivity contribution in [2.45, 2.75) is 18.6 Å². The van der Waals surface area contributed by atoms with Gasteiger partial charge in [0.15, 0.2) is 11.6 Å². The molecule has 7 nitrogen and oxygen atoms in total. The number of hydrogen-bond acceptors (Lipinski definition) is 7. The Kier molecular flexibility index (Phi) is 3.69. The Balaban J connectivity index is 1.77. The van der Waals surface area contributed by atoms with Crippen LogP contribution in [-0.4, -0.2) is 50.2 Å². The van der Waals surface area contributed by atoms with Gasteiger partial charge in [-0.25, -0.2) is 9.78 Å². The summed E-state index contributed by atoms with van der Waals surface area (Å²) in [6, 6.07) is 1.57. The van der Waals surface area contributed by atoms with E-state index in [-0.39, 0.29) is 0 Å². The van der Waals surface area contributed by atoms with Crippen molar-refractivity contribution in [2.24, 2.45) is 0 Å². The maximum Gasteiger partial charge on any atom is 0.340 e. The second-order valence-electron chi connectivity index (χ2n) is 5.18. The second kappa shape index (κ2) is 5.50. The van der Waals surface area contributed by atoms with Gasteiger partial charge < -0.3 is 24.8 Å². The van der Waals surface area contributed by atoms with Gasteiger partial charge in [-0.1, -0.05) is 0 Å². The first-order chi connectivity index (χ1) is 10.2. The van der Waals surface area contributed by atoms with Gasteiger partial charge in [0.1, 0.15) is 0 Å². The minimum absolute atomic E-state index is 0.344. The molecule has 0 atom stereocenters. The Labute approximate surface area is 123 Å². The predicted octanol–water partition coefficient (Wildman–Crippen LogP) is 0.794. The van der Waals surface area contributed by atoms with Gasteiger partial charge in [0, 0.05) is 32.1 Å². The molecular weight excluding hydrogens is 274 g/mol. The molecule has 2 N–H and O–H groups in total. The van der Waals surface area contributed by atoms with Crippen LogP contribution >= 0.6 is 0 Å². The van der Waals surface area contributed by atoms with Gasteiger partial charge in [0.05, 0.1) is 31.6 Å². The molecule has 0 unspecified atom stereocenters. The summed E-state index contributed by atoms with van der Waals surface area (Å²) >= 11 is 0. The molecule has 2 aliphatic heterocycles. The number of ether oxygens (including phenoxy) is 3. The molecule has 2 aliphatic rings. The topological polar surface area (TPSA) is 86.9 Å². The van der Waals surface area contributed by atoms with Crippen molar-refractivity contribution in [1.29, 1.82) is 0 Å². The summed E-state index contributed by atoms with van der Waals surface area (Å²) in [7, 11) is 1.33. The lowest BCUT2D eigenvalue weighted by atomic mass is 10.0. The summed E-state index contributed by atoms with van der Waals surface area (Å²) in [5.74, 6) is -0.275. The van der Waals surface area contributed by atoms with Crippen LogP contribution in [0.5, 0.6) is 0 Å². The fourth-order valence-electron chi connectivity index (χ4n) is 2.85. The minimum atomic E-state index is -0.452. The molecule has 2 fully saturated rings. The largest absolute Gasteiger partial charge is 0.465 e. The molecule has 3 rings (SSSR count). The zero-order valence-electron chi connectivity index (χ0n) is 12.0. The number of anilines is 2. The Bertz CT molecular complexity index is 533. The van der Waals surface area contributed by atoms with E-state index in [1.807, 2.05) is 0 Å². The summed E-state index contributed by atoms with van der Waals surface area (Å²) in [6.07, 6.45) is 3.10. The number of aromatic nitrogens is 1. The molecule has 114 valence electrons. The molecule has 3 heterocycles. The van der Waals surface area contributed by atoms with Crippen LogP contribution in [0.4, 0.5) is 11.5 Å². The molecule has 1 spiro atoms. The number of esters is 1. The first kappa shape index (κ1) is 14.1. The number of nitrogen functional groups attached to an aromatic ring is 1. The zero-order chi connectivity index (χ0) is 14.9. The predicted molar refractivity (Wildman–Crippen MR) is 76.1 cm³/mol. The van der Waals surface area contributed by atoms with Gasteiger partial charge >= 0.3 is 5.97 Å². The average Bonchev–Trinajstić information content (AvgIpc) is 2.96.